The number of rotatable bonds is 9. The number of carbonyl (C=O) groups is 1. The molecule has 2 rings (SSSR count). The van der Waals surface area contributed by atoms with Gasteiger partial charge in [0, 0.05) is 18.8 Å². The predicted octanol–water partition coefficient (Wildman–Crippen LogP) is 4.25. The van der Waals surface area contributed by atoms with E-state index in [1.807, 2.05) is 38.1 Å². The Morgan fingerprint density at radius 3 is 2.28 bits per heavy atom. The summed E-state index contributed by atoms with van der Waals surface area (Å²) in [4.78, 5) is 12.4. The van der Waals surface area contributed by atoms with Crippen LogP contribution in [0.5, 0.6) is 5.75 Å². The number of nitrogens with one attached hydrogen (secondary N) is 1. The molecule has 0 saturated carbocycles. The van der Waals surface area contributed by atoms with Crippen molar-refractivity contribution in [1.82, 2.24) is 4.31 Å². The van der Waals surface area contributed by atoms with Gasteiger partial charge in [-0.25, -0.2) is 8.42 Å². The predicted molar refractivity (Wildman–Crippen MR) is 116 cm³/mol. The number of hydrogen-bond donors (Lipinski definition) is 1. The molecule has 0 fully saturated rings. The lowest BCUT2D eigenvalue weighted by atomic mass is 9.98. The molecule has 2 aromatic rings. The van der Waals surface area contributed by atoms with Crippen LogP contribution in [0.1, 0.15) is 45.6 Å². The molecule has 2 aromatic carbocycles. The topological polar surface area (TPSA) is 75.7 Å². The zero-order valence-electron chi connectivity index (χ0n) is 17.7. The Hall–Kier alpha value is -2.38. The number of sulfonamides is 1. The number of benzene rings is 2. The lowest BCUT2D eigenvalue weighted by molar-refractivity contribution is -0.118. The van der Waals surface area contributed by atoms with Gasteiger partial charge in [-0.15, -0.1) is 0 Å². The first-order chi connectivity index (χ1) is 13.7. The molecule has 158 valence electrons. The molecule has 0 saturated heterocycles. The van der Waals surface area contributed by atoms with Gasteiger partial charge in [-0.05, 0) is 62.1 Å². The minimum Gasteiger partial charge on any atom is -0.483 e. The summed E-state index contributed by atoms with van der Waals surface area (Å²) in [6, 6.07) is 13.7. The number of nitrogens with zero attached hydrogens (tertiary/aromatic N) is 1. The quantitative estimate of drug-likeness (QED) is 0.661. The fourth-order valence-corrected chi connectivity index (χ4v) is 4.10. The van der Waals surface area contributed by atoms with Crippen molar-refractivity contribution < 1.29 is 17.9 Å². The lowest BCUT2D eigenvalue weighted by Gasteiger charge is -2.21. The van der Waals surface area contributed by atoms with Crippen molar-refractivity contribution in [1.29, 1.82) is 0 Å². The number of anilines is 1. The van der Waals surface area contributed by atoms with E-state index < -0.39 is 10.0 Å². The van der Waals surface area contributed by atoms with Crippen LogP contribution in [0.3, 0.4) is 0 Å². The summed E-state index contributed by atoms with van der Waals surface area (Å²) in [6.45, 7) is 7.73. The summed E-state index contributed by atoms with van der Waals surface area (Å²) >= 11 is 0. The highest BCUT2D eigenvalue weighted by molar-refractivity contribution is 7.89. The van der Waals surface area contributed by atoms with Gasteiger partial charge in [0.2, 0.25) is 10.0 Å². The van der Waals surface area contributed by atoms with Crippen LogP contribution in [0.4, 0.5) is 5.69 Å². The number of carbonyl (C=O) groups excluding carboxylic acids is 1. The minimum absolute atomic E-state index is 0.121. The average molecular weight is 419 g/mol. The highest BCUT2D eigenvalue weighted by Gasteiger charge is 2.22. The van der Waals surface area contributed by atoms with Crippen molar-refractivity contribution in [3.05, 3.63) is 54.1 Å². The Labute approximate surface area is 173 Å². The summed E-state index contributed by atoms with van der Waals surface area (Å²) < 4.78 is 32.0. The van der Waals surface area contributed by atoms with E-state index in [1.54, 1.807) is 19.2 Å². The van der Waals surface area contributed by atoms with Gasteiger partial charge in [0.25, 0.3) is 5.91 Å². The summed E-state index contributed by atoms with van der Waals surface area (Å²) in [5.74, 6) is 0.738. The summed E-state index contributed by atoms with van der Waals surface area (Å²) in [7, 11) is -2.00. The minimum atomic E-state index is -3.55. The van der Waals surface area contributed by atoms with E-state index in [0.29, 0.717) is 17.4 Å². The van der Waals surface area contributed by atoms with Crippen molar-refractivity contribution in [3.8, 4) is 5.75 Å². The maximum Gasteiger partial charge on any atom is 0.262 e. The van der Waals surface area contributed by atoms with Gasteiger partial charge in [0.1, 0.15) is 5.75 Å². The number of hydrogen-bond acceptors (Lipinski definition) is 4. The van der Waals surface area contributed by atoms with Crippen LogP contribution in [-0.4, -0.2) is 38.3 Å². The molecule has 0 bridgehead atoms. The average Bonchev–Trinajstić information content (AvgIpc) is 2.71. The van der Waals surface area contributed by atoms with E-state index in [9.17, 15) is 13.2 Å². The van der Waals surface area contributed by atoms with Crippen molar-refractivity contribution in [2.24, 2.45) is 0 Å². The van der Waals surface area contributed by atoms with Crippen LogP contribution in [0.15, 0.2) is 53.4 Å². The summed E-state index contributed by atoms with van der Waals surface area (Å²) in [5.41, 5.74) is 1.59. The first-order valence-corrected chi connectivity index (χ1v) is 11.2. The van der Waals surface area contributed by atoms with Crippen LogP contribution in [0, 0.1) is 0 Å². The van der Waals surface area contributed by atoms with Crippen molar-refractivity contribution in [2.45, 2.75) is 51.0 Å². The third-order valence-corrected chi connectivity index (χ3v) is 7.01. The van der Waals surface area contributed by atoms with Crippen LogP contribution in [0.25, 0.3) is 0 Å². The molecular weight excluding hydrogens is 388 g/mol. The Kier molecular flexibility index (Phi) is 7.81. The fraction of sp³-hybridized carbons (Fsp3) is 0.409. The molecule has 1 N–H and O–H groups in total. The summed E-state index contributed by atoms with van der Waals surface area (Å²) in [5, 5.41) is 2.73. The van der Waals surface area contributed by atoms with Gasteiger partial charge in [0.05, 0.1) is 4.90 Å². The maximum atomic E-state index is 12.5. The molecule has 0 aliphatic rings. The second-order valence-corrected chi connectivity index (χ2v) is 9.32. The molecule has 0 aromatic heterocycles. The smallest absolute Gasteiger partial charge is 0.262 e. The summed E-state index contributed by atoms with van der Waals surface area (Å²) in [6.07, 6.45) is 0.980. The molecule has 0 spiro atoms. The molecule has 7 heteroatoms. The van der Waals surface area contributed by atoms with E-state index in [0.717, 1.165) is 12.0 Å². The van der Waals surface area contributed by atoms with E-state index >= 15 is 0 Å². The zero-order chi connectivity index (χ0) is 21.6. The number of ether oxygens (including phenoxy) is 1. The van der Waals surface area contributed by atoms with Crippen LogP contribution < -0.4 is 10.1 Å². The Balaban J connectivity index is 2.00. The van der Waals surface area contributed by atoms with Gasteiger partial charge in [0.15, 0.2) is 6.61 Å². The molecule has 0 aliphatic heterocycles. The molecule has 1 atom stereocenters. The fourth-order valence-electron chi connectivity index (χ4n) is 2.73. The number of amides is 1. The first kappa shape index (κ1) is 22.9. The Bertz CT molecular complexity index is 924. The SMILES string of the molecule is CCC(C)c1ccccc1OCC(=O)Nc1ccc(S(=O)(=O)N(C)C(C)C)cc1. The van der Waals surface area contributed by atoms with Gasteiger partial charge in [-0.1, -0.05) is 32.0 Å². The molecule has 6 nitrogen and oxygen atoms in total. The van der Waals surface area contributed by atoms with E-state index in [-0.39, 0.29) is 23.5 Å². The molecule has 29 heavy (non-hydrogen) atoms. The van der Waals surface area contributed by atoms with E-state index in [1.165, 1.54) is 16.4 Å². The van der Waals surface area contributed by atoms with Crippen molar-refractivity contribution in [3.63, 3.8) is 0 Å². The van der Waals surface area contributed by atoms with Gasteiger partial charge >= 0.3 is 0 Å². The molecule has 0 aliphatic carbocycles. The third kappa shape index (κ3) is 5.81. The molecule has 0 radical (unpaired) electrons. The molecule has 0 heterocycles. The van der Waals surface area contributed by atoms with Crippen LogP contribution >= 0.6 is 0 Å². The lowest BCUT2D eigenvalue weighted by Crippen LogP contribution is -2.33. The first-order valence-electron chi connectivity index (χ1n) is 9.76. The van der Waals surface area contributed by atoms with Crippen LogP contribution in [0.2, 0.25) is 0 Å². The Morgan fingerprint density at radius 1 is 1.07 bits per heavy atom. The van der Waals surface area contributed by atoms with Gasteiger partial charge in [-0.2, -0.15) is 4.31 Å². The highest BCUT2D eigenvalue weighted by atomic mass is 32.2. The van der Waals surface area contributed by atoms with Gasteiger partial charge < -0.3 is 10.1 Å². The standard InChI is InChI=1S/C22H30N2O4S/c1-6-17(4)20-9-7-8-10-21(20)28-15-22(25)23-18-11-13-19(14-12-18)29(26,27)24(5)16(2)3/h7-14,16-17H,6,15H2,1-5H3,(H,23,25). The van der Waals surface area contributed by atoms with Crippen LogP contribution in [-0.2, 0) is 14.8 Å². The molecule has 1 unspecified atom stereocenters. The molecule has 1 amide bonds. The largest absolute Gasteiger partial charge is 0.483 e. The third-order valence-electron chi connectivity index (χ3n) is 4.96. The highest BCUT2D eigenvalue weighted by Crippen LogP contribution is 2.28. The molecular formula is C22H30N2O4S. The zero-order valence-corrected chi connectivity index (χ0v) is 18.5. The van der Waals surface area contributed by atoms with E-state index in [2.05, 4.69) is 19.2 Å². The maximum absolute atomic E-state index is 12.5. The second-order valence-electron chi connectivity index (χ2n) is 7.32. The Morgan fingerprint density at radius 2 is 1.69 bits per heavy atom. The van der Waals surface area contributed by atoms with Crippen molar-refractivity contribution in [2.75, 3.05) is 19.0 Å². The van der Waals surface area contributed by atoms with Gasteiger partial charge in [-0.3, -0.25) is 4.79 Å². The van der Waals surface area contributed by atoms with Crippen molar-refractivity contribution >= 4 is 21.6 Å². The monoisotopic (exact) mass is 418 g/mol. The number of para-hydroxylation sites is 1. The second kappa shape index (κ2) is 9.89. The van der Waals surface area contributed by atoms with E-state index in [4.69, 9.17) is 4.74 Å². The normalized spacial score (nSPS) is 12.8.